The summed E-state index contributed by atoms with van der Waals surface area (Å²) in [4.78, 5) is 15.0. The van der Waals surface area contributed by atoms with Crippen LogP contribution in [-0.4, -0.2) is 48.3 Å². The van der Waals surface area contributed by atoms with E-state index in [0.29, 0.717) is 46.2 Å². The minimum Gasteiger partial charge on any atom is -0.351 e. The van der Waals surface area contributed by atoms with Crippen LogP contribution in [0.15, 0.2) is 47.5 Å². The first-order chi connectivity index (χ1) is 18.8. The van der Waals surface area contributed by atoms with Gasteiger partial charge >= 0.3 is 6.18 Å². The maximum Gasteiger partial charge on any atom is 0.416 e. The Morgan fingerprint density at radius 1 is 1.03 bits per heavy atom. The first-order valence-corrected chi connectivity index (χ1v) is 12.6. The van der Waals surface area contributed by atoms with Crippen molar-refractivity contribution in [2.75, 3.05) is 13.1 Å². The third-order valence-electron chi connectivity index (χ3n) is 6.99. The number of aromatic nitrogens is 6. The van der Waals surface area contributed by atoms with Gasteiger partial charge in [-0.15, -0.1) is 0 Å². The zero-order valence-corrected chi connectivity index (χ0v) is 21.1. The van der Waals surface area contributed by atoms with Gasteiger partial charge in [-0.2, -0.15) is 18.3 Å². The molecule has 0 bridgehead atoms. The molecule has 1 aliphatic heterocycles. The van der Waals surface area contributed by atoms with Gasteiger partial charge in [0.05, 0.1) is 23.5 Å². The van der Waals surface area contributed by atoms with Gasteiger partial charge in [0.2, 0.25) is 5.58 Å². The lowest BCUT2D eigenvalue weighted by molar-refractivity contribution is -0.137. The van der Waals surface area contributed by atoms with Crippen molar-refractivity contribution in [1.82, 2.24) is 35.2 Å². The highest BCUT2D eigenvalue weighted by molar-refractivity contribution is 5.80. The van der Waals surface area contributed by atoms with Crippen molar-refractivity contribution in [1.29, 1.82) is 0 Å². The fourth-order valence-electron chi connectivity index (χ4n) is 4.84. The quantitative estimate of drug-likeness (QED) is 0.321. The Labute approximate surface area is 221 Å². The van der Waals surface area contributed by atoms with E-state index in [2.05, 4.69) is 54.0 Å². The van der Waals surface area contributed by atoms with E-state index < -0.39 is 11.7 Å². The number of H-pyrrole nitrogens is 1. The Morgan fingerprint density at radius 2 is 1.85 bits per heavy atom. The molecule has 0 aliphatic carbocycles. The molecule has 5 aromatic rings. The highest BCUT2D eigenvalue weighted by atomic mass is 19.4. The van der Waals surface area contributed by atoms with Crippen LogP contribution in [0.5, 0.6) is 0 Å². The van der Waals surface area contributed by atoms with E-state index in [1.807, 2.05) is 6.07 Å². The van der Waals surface area contributed by atoms with Crippen molar-refractivity contribution >= 4 is 22.0 Å². The van der Waals surface area contributed by atoms with E-state index in [4.69, 9.17) is 4.52 Å². The van der Waals surface area contributed by atoms with Gasteiger partial charge < -0.3 is 4.52 Å². The van der Waals surface area contributed by atoms with Crippen molar-refractivity contribution in [2.45, 2.75) is 38.9 Å². The van der Waals surface area contributed by atoms with Crippen LogP contribution in [0.3, 0.4) is 0 Å². The van der Waals surface area contributed by atoms with E-state index in [1.165, 1.54) is 18.5 Å². The van der Waals surface area contributed by atoms with Gasteiger partial charge in [0.15, 0.2) is 5.69 Å². The van der Waals surface area contributed by atoms with Gasteiger partial charge in [-0.1, -0.05) is 18.1 Å². The van der Waals surface area contributed by atoms with E-state index in [0.717, 1.165) is 36.8 Å². The summed E-state index contributed by atoms with van der Waals surface area (Å²) in [5, 5.41) is 11.8. The molecule has 6 rings (SSSR count). The average Bonchev–Trinajstić information content (AvgIpc) is 3.55. The number of aromatic amines is 1. The summed E-state index contributed by atoms with van der Waals surface area (Å²) in [7, 11) is 0. The molecule has 1 N–H and O–H groups in total. The van der Waals surface area contributed by atoms with Gasteiger partial charge in [0, 0.05) is 18.4 Å². The molecule has 0 spiro atoms. The third kappa shape index (κ3) is 5.47. The molecule has 1 saturated heterocycles. The molecule has 11 heteroatoms. The minimum absolute atomic E-state index is 0.129. The molecule has 1 fully saturated rings. The van der Waals surface area contributed by atoms with Crippen LogP contribution in [0.25, 0.3) is 22.0 Å². The topological polar surface area (TPSA) is 96.6 Å². The van der Waals surface area contributed by atoms with E-state index in [9.17, 15) is 13.2 Å². The van der Waals surface area contributed by atoms with Crippen molar-refractivity contribution < 1.29 is 17.7 Å². The maximum atomic E-state index is 13.8. The van der Waals surface area contributed by atoms with Crippen LogP contribution in [0.4, 0.5) is 13.2 Å². The minimum atomic E-state index is -4.45. The first kappa shape index (κ1) is 25.0. The lowest BCUT2D eigenvalue weighted by atomic mass is 9.97. The van der Waals surface area contributed by atoms with Crippen molar-refractivity contribution in [3.05, 3.63) is 76.8 Å². The average molecular weight is 532 g/mol. The van der Waals surface area contributed by atoms with Crippen LogP contribution in [0.2, 0.25) is 0 Å². The highest BCUT2D eigenvalue weighted by Gasteiger charge is 2.31. The molecular weight excluding hydrogens is 507 g/mol. The largest absolute Gasteiger partial charge is 0.416 e. The van der Waals surface area contributed by atoms with Gasteiger partial charge in [0.1, 0.15) is 23.2 Å². The number of rotatable bonds is 4. The van der Waals surface area contributed by atoms with Crippen LogP contribution in [-0.2, 0) is 19.1 Å². The summed E-state index contributed by atoms with van der Waals surface area (Å²) in [6.07, 6.45) is 2.44. The molecule has 0 atom stereocenters. The second-order valence-electron chi connectivity index (χ2n) is 9.98. The number of hydrogen-bond acceptors (Lipinski definition) is 7. The smallest absolute Gasteiger partial charge is 0.351 e. The molecule has 1 aromatic carbocycles. The van der Waals surface area contributed by atoms with Crippen LogP contribution in [0.1, 0.15) is 53.5 Å². The molecular formula is C28H24F3N7O. The normalized spacial score (nSPS) is 15.1. The van der Waals surface area contributed by atoms with Crippen molar-refractivity contribution in [2.24, 2.45) is 5.92 Å². The van der Waals surface area contributed by atoms with Crippen LogP contribution >= 0.6 is 0 Å². The number of nitrogens with one attached hydrogen (secondary N) is 1. The fourth-order valence-corrected chi connectivity index (χ4v) is 4.84. The number of pyridine rings is 1. The second-order valence-corrected chi connectivity index (χ2v) is 9.98. The van der Waals surface area contributed by atoms with E-state index in [-0.39, 0.29) is 12.0 Å². The Morgan fingerprint density at radius 3 is 2.67 bits per heavy atom. The molecule has 1 aliphatic rings. The number of nitrogens with zero attached hydrogens (tertiary/aromatic N) is 6. The highest BCUT2D eigenvalue weighted by Crippen LogP contribution is 2.32. The summed E-state index contributed by atoms with van der Waals surface area (Å²) >= 11 is 0. The van der Waals surface area contributed by atoms with Gasteiger partial charge in [-0.05, 0) is 73.0 Å². The lowest BCUT2D eigenvalue weighted by Crippen LogP contribution is -2.32. The maximum absolute atomic E-state index is 13.8. The van der Waals surface area contributed by atoms with Crippen molar-refractivity contribution in [3.8, 4) is 11.8 Å². The second kappa shape index (κ2) is 10.1. The Bertz CT molecular complexity index is 1710. The molecule has 39 heavy (non-hydrogen) atoms. The number of piperidine rings is 1. The summed E-state index contributed by atoms with van der Waals surface area (Å²) in [6.45, 7) is 4.45. The molecule has 5 heterocycles. The lowest BCUT2D eigenvalue weighted by Gasteiger charge is -2.30. The standard InChI is InChI=1S/C28H24F3N7O/c1-17-4-6-38(7-5-17)15-19-8-18(9-21(10-19)28(29,30)31)11-24-26-27(39-37-24)23(33-16-34-26)3-2-22-12-20-13-35-36-25(20)14-32-22/h8-10,12-14,16-17H,4-7,11,15H2,1H3,(H,35,36). The van der Waals surface area contributed by atoms with E-state index in [1.54, 1.807) is 18.5 Å². The molecule has 0 amide bonds. The Hall–Kier alpha value is -4.30. The summed E-state index contributed by atoms with van der Waals surface area (Å²) in [5.74, 6) is 6.54. The third-order valence-corrected chi connectivity index (χ3v) is 6.99. The summed E-state index contributed by atoms with van der Waals surface area (Å²) < 4.78 is 46.8. The summed E-state index contributed by atoms with van der Waals surface area (Å²) in [6, 6.07) is 6.02. The predicted molar refractivity (Wildman–Crippen MR) is 137 cm³/mol. The zero-order valence-electron chi connectivity index (χ0n) is 21.1. The molecule has 0 radical (unpaired) electrons. The monoisotopic (exact) mass is 531 g/mol. The number of alkyl halides is 3. The fraction of sp³-hybridized carbons (Fsp3) is 0.321. The van der Waals surface area contributed by atoms with Gasteiger partial charge in [-0.25, -0.2) is 15.0 Å². The molecule has 4 aromatic heterocycles. The van der Waals surface area contributed by atoms with Crippen LogP contribution in [0, 0.1) is 17.8 Å². The number of hydrogen-bond donors (Lipinski definition) is 1. The van der Waals surface area contributed by atoms with Crippen LogP contribution < -0.4 is 0 Å². The molecule has 0 unspecified atom stereocenters. The van der Waals surface area contributed by atoms with E-state index >= 15 is 0 Å². The molecule has 0 saturated carbocycles. The van der Waals surface area contributed by atoms with Gasteiger partial charge in [-0.3, -0.25) is 10.00 Å². The SMILES string of the molecule is CC1CCN(Cc2cc(Cc3noc4c(C#Cc5cc6cn[nH]c6cn5)ncnc34)cc(C(F)(F)F)c2)CC1. The zero-order chi connectivity index (χ0) is 27.0. The number of benzene rings is 1. The first-order valence-electron chi connectivity index (χ1n) is 12.6. The Kier molecular flexibility index (Phi) is 6.48. The van der Waals surface area contributed by atoms with Crippen molar-refractivity contribution in [3.63, 3.8) is 0 Å². The van der Waals surface area contributed by atoms with Gasteiger partial charge in [0.25, 0.3) is 0 Å². The Balaban J connectivity index is 1.28. The molecule has 198 valence electrons. The predicted octanol–water partition coefficient (Wildman–Crippen LogP) is 5.13. The number of halogens is 3. The summed E-state index contributed by atoms with van der Waals surface area (Å²) in [5.41, 5.74) is 3.20. The molecule has 8 nitrogen and oxygen atoms in total. The number of fused-ring (bicyclic) bond motifs is 2. The number of likely N-dealkylation sites (tertiary alicyclic amines) is 1.